The highest BCUT2D eigenvalue weighted by Gasteiger charge is 2.45. The van der Waals surface area contributed by atoms with Crippen LogP contribution in [0.25, 0.3) is 11.4 Å². The highest BCUT2D eigenvalue weighted by atomic mass is 16.5. The van der Waals surface area contributed by atoms with Crippen molar-refractivity contribution in [1.82, 2.24) is 10.1 Å². The smallest absolute Gasteiger partial charge is 0.294 e. The van der Waals surface area contributed by atoms with E-state index in [-0.39, 0.29) is 5.57 Å². The Morgan fingerprint density at radius 2 is 1.68 bits per heavy atom. The minimum Gasteiger partial charge on any atom is -0.503 e. The molecular weight excluding hydrogens is 474 g/mol. The van der Waals surface area contributed by atoms with Gasteiger partial charge in [0, 0.05) is 29.3 Å². The summed E-state index contributed by atoms with van der Waals surface area (Å²) >= 11 is 0. The predicted molar refractivity (Wildman–Crippen MR) is 135 cm³/mol. The molecule has 1 amide bonds. The van der Waals surface area contributed by atoms with Crippen LogP contribution >= 0.6 is 0 Å². The average Bonchev–Trinajstić information content (AvgIpc) is 3.49. The van der Waals surface area contributed by atoms with Gasteiger partial charge >= 0.3 is 0 Å². The van der Waals surface area contributed by atoms with E-state index in [0.29, 0.717) is 45.6 Å². The Balaban J connectivity index is 1.61. The lowest BCUT2D eigenvalue weighted by Gasteiger charge is -2.28. The first-order valence-electron chi connectivity index (χ1n) is 11.4. The van der Waals surface area contributed by atoms with Gasteiger partial charge in [-0.25, -0.2) is 0 Å². The number of nitrogens with zero attached hydrogens (tertiary/aromatic N) is 3. The van der Waals surface area contributed by atoms with E-state index >= 15 is 0 Å². The van der Waals surface area contributed by atoms with Gasteiger partial charge < -0.3 is 19.1 Å². The first kappa shape index (κ1) is 23.8. The topological polar surface area (TPSA) is 115 Å². The lowest BCUT2D eigenvalue weighted by Crippen LogP contribution is -2.31. The SMILES string of the molecule is COc1ccc(C(=O)C2=C(O)C(=O)N(c3ccc(-c4noc(C)n4)cc3)C2c2ccccc2OC)cc1. The summed E-state index contributed by atoms with van der Waals surface area (Å²) in [5, 5.41) is 14.9. The van der Waals surface area contributed by atoms with Crippen LogP contribution in [-0.4, -0.2) is 41.2 Å². The second-order valence-electron chi connectivity index (χ2n) is 8.32. The van der Waals surface area contributed by atoms with Crippen molar-refractivity contribution in [3.63, 3.8) is 0 Å². The minimum atomic E-state index is -0.934. The predicted octanol–water partition coefficient (Wildman–Crippen LogP) is 4.85. The summed E-state index contributed by atoms with van der Waals surface area (Å²) in [5.74, 6) is 0.0996. The number of ether oxygens (including phenoxy) is 2. The number of amides is 1. The number of Topliss-reactive ketones (excluding diaryl/α,β-unsaturated/α-hetero) is 1. The van der Waals surface area contributed by atoms with Gasteiger partial charge in [0.2, 0.25) is 11.7 Å². The highest BCUT2D eigenvalue weighted by molar-refractivity contribution is 6.21. The summed E-state index contributed by atoms with van der Waals surface area (Å²) in [5.41, 5.74) is 1.97. The number of methoxy groups -OCH3 is 2. The van der Waals surface area contributed by atoms with Gasteiger partial charge in [0.15, 0.2) is 11.5 Å². The van der Waals surface area contributed by atoms with Crippen LogP contribution in [0.2, 0.25) is 0 Å². The normalized spacial score (nSPS) is 15.3. The summed E-state index contributed by atoms with van der Waals surface area (Å²) in [6.07, 6.45) is 0. The van der Waals surface area contributed by atoms with E-state index in [1.165, 1.54) is 19.1 Å². The number of carbonyl (C=O) groups is 2. The number of ketones is 1. The molecule has 0 saturated heterocycles. The fourth-order valence-corrected chi connectivity index (χ4v) is 4.38. The van der Waals surface area contributed by atoms with Gasteiger partial charge in [-0.05, 0) is 54.6 Å². The summed E-state index contributed by atoms with van der Waals surface area (Å²) in [6.45, 7) is 1.70. The van der Waals surface area contributed by atoms with E-state index in [4.69, 9.17) is 14.0 Å². The Labute approximate surface area is 212 Å². The quantitative estimate of drug-likeness (QED) is 0.361. The monoisotopic (exact) mass is 497 g/mol. The van der Waals surface area contributed by atoms with Crippen molar-refractivity contribution in [3.05, 3.63) is 101 Å². The molecule has 2 heterocycles. The van der Waals surface area contributed by atoms with Gasteiger partial charge in [0.25, 0.3) is 5.91 Å². The molecule has 1 unspecified atom stereocenters. The zero-order chi connectivity index (χ0) is 26.1. The van der Waals surface area contributed by atoms with Crippen molar-refractivity contribution in [2.75, 3.05) is 19.1 Å². The van der Waals surface area contributed by atoms with Gasteiger partial charge in [-0.1, -0.05) is 23.4 Å². The molecule has 3 aromatic carbocycles. The molecule has 5 rings (SSSR count). The Morgan fingerprint density at radius 1 is 0.973 bits per heavy atom. The lowest BCUT2D eigenvalue weighted by molar-refractivity contribution is -0.117. The molecule has 1 atom stereocenters. The van der Waals surface area contributed by atoms with Gasteiger partial charge in [-0.15, -0.1) is 0 Å². The number of aromatic nitrogens is 2. The Hall–Kier alpha value is -4.92. The molecular formula is C28H23N3O6. The summed E-state index contributed by atoms with van der Waals surface area (Å²) in [4.78, 5) is 32.8. The van der Waals surface area contributed by atoms with Gasteiger partial charge in [-0.2, -0.15) is 4.98 Å². The van der Waals surface area contributed by atoms with Crippen LogP contribution < -0.4 is 14.4 Å². The standard InChI is InChI=1S/C28H23N3O6/c1-16-29-27(30-37-16)18-8-12-19(13-9-18)31-24(21-6-4-5-7-22(21)36-3)23(26(33)28(31)34)25(32)17-10-14-20(35-2)15-11-17/h4-15,24,33H,1-3H3. The summed E-state index contributed by atoms with van der Waals surface area (Å²) in [6, 6.07) is 19.5. The van der Waals surface area contributed by atoms with Gasteiger partial charge in [0.05, 0.1) is 25.8 Å². The first-order chi connectivity index (χ1) is 17.9. The average molecular weight is 498 g/mol. The summed E-state index contributed by atoms with van der Waals surface area (Å²) < 4.78 is 15.8. The fraction of sp³-hybridized carbons (Fsp3) is 0.143. The van der Waals surface area contributed by atoms with E-state index in [0.717, 1.165) is 0 Å². The largest absolute Gasteiger partial charge is 0.503 e. The van der Waals surface area contributed by atoms with Crippen LogP contribution in [-0.2, 0) is 4.79 Å². The molecule has 0 spiro atoms. The van der Waals surface area contributed by atoms with Crippen molar-refractivity contribution in [2.45, 2.75) is 13.0 Å². The number of aryl methyl sites for hydroxylation is 1. The number of carbonyl (C=O) groups excluding carboxylic acids is 2. The van der Waals surface area contributed by atoms with Crippen LogP contribution in [0.4, 0.5) is 5.69 Å². The third-order valence-corrected chi connectivity index (χ3v) is 6.17. The summed E-state index contributed by atoms with van der Waals surface area (Å²) in [7, 11) is 3.04. The molecule has 186 valence electrons. The molecule has 9 heteroatoms. The van der Waals surface area contributed by atoms with Crippen molar-refractivity contribution >= 4 is 17.4 Å². The molecule has 1 N–H and O–H groups in total. The Morgan fingerprint density at radius 3 is 2.30 bits per heavy atom. The molecule has 0 bridgehead atoms. The molecule has 1 aromatic heterocycles. The number of aliphatic hydroxyl groups is 1. The number of anilines is 1. The van der Waals surface area contributed by atoms with Crippen molar-refractivity contribution in [2.24, 2.45) is 0 Å². The van der Waals surface area contributed by atoms with Gasteiger partial charge in [-0.3, -0.25) is 14.5 Å². The zero-order valence-electron chi connectivity index (χ0n) is 20.3. The minimum absolute atomic E-state index is 0.0439. The highest BCUT2D eigenvalue weighted by Crippen LogP contribution is 2.45. The van der Waals surface area contributed by atoms with Crippen LogP contribution in [0.15, 0.2) is 88.7 Å². The Kier molecular flexibility index (Phi) is 6.19. The third-order valence-electron chi connectivity index (χ3n) is 6.17. The number of rotatable bonds is 7. The van der Waals surface area contributed by atoms with E-state index in [1.54, 1.807) is 79.7 Å². The number of benzene rings is 3. The molecule has 1 aliphatic rings. The molecule has 0 saturated carbocycles. The van der Waals surface area contributed by atoms with Crippen molar-refractivity contribution < 1.29 is 28.7 Å². The molecule has 1 aliphatic heterocycles. The van der Waals surface area contributed by atoms with Gasteiger partial charge in [0.1, 0.15) is 11.5 Å². The molecule has 0 aliphatic carbocycles. The second kappa shape index (κ2) is 9.62. The Bertz CT molecular complexity index is 1510. The van der Waals surface area contributed by atoms with E-state index < -0.39 is 23.5 Å². The first-order valence-corrected chi connectivity index (χ1v) is 11.4. The fourth-order valence-electron chi connectivity index (χ4n) is 4.38. The van der Waals surface area contributed by atoms with Crippen LogP contribution in [0.3, 0.4) is 0 Å². The molecule has 4 aromatic rings. The maximum atomic E-state index is 13.7. The maximum absolute atomic E-state index is 13.7. The van der Waals surface area contributed by atoms with Crippen LogP contribution in [0, 0.1) is 6.92 Å². The number of para-hydroxylation sites is 1. The molecule has 0 radical (unpaired) electrons. The molecule has 9 nitrogen and oxygen atoms in total. The van der Waals surface area contributed by atoms with Crippen LogP contribution in [0.1, 0.15) is 27.9 Å². The number of aliphatic hydroxyl groups excluding tert-OH is 1. The third kappa shape index (κ3) is 4.20. The van der Waals surface area contributed by atoms with Crippen molar-refractivity contribution in [1.29, 1.82) is 0 Å². The van der Waals surface area contributed by atoms with E-state index in [9.17, 15) is 14.7 Å². The number of hydrogen-bond acceptors (Lipinski definition) is 8. The second-order valence-corrected chi connectivity index (χ2v) is 8.32. The molecule has 0 fully saturated rings. The van der Waals surface area contributed by atoms with Crippen molar-refractivity contribution in [3.8, 4) is 22.9 Å². The number of hydrogen-bond donors (Lipinski definition) is 1. The van der Waals surface area contributed by atoms with Crippen LogP contribution in [0.5, 0.6) is 11.5 Å². The molecule has 37 heavy (non-hydrogen) atoms. The zero-order valence-corrected chi connectivity index (χ0v) is 20.3. The van der Waals surface area contributed by atoms with E-state index in [1.807, 2.05) is 0 Å². The maximum Gasteiger partial charge on any atom is 0.294 e. The van der Waals surface area contributed by atoms with E-state index in [2.05, 4.69) is 10.1 Å². The lowest BCUT2D eigenvalue weighted by atomic mass is 9.92.